The van der Waals surface area contributed by atoms with Gasteiger partial charge in [0.05, 0.1) is 13.4 Å². The van der Waals surface area contributed by atoms with Gasteiger partial charge in [0.15, 0.2) is 5.69 Å². The zero-order chi connectivity index (χ0) is 11.5. The van der Waals surface area contributed by atoms with Gasteiger partial charge >= 0.3 is 5.97 Å². The van der Waals surface area contributed by atoms with E-state index in [-0.39, 0.29) is 5.69 Å². The van der Waals surface area contributed by atoms with Crippen LogP contribution >= 0.6 is 0 Å². The number of carbonyl (C=O) groups is 1. The molecule has 16 heavy (non-hydrogen) atoms. The summed E-state index contributed by atoms with van der Waals surface area (Å²) in [6.45, 7) is 0. The van der Waals surface area contributed by atoms with E-state index < -0.39 is 5.97 Å². The van der Waals surface area contributed by atoms with Crippen molar-refractivity contribution in [2.24, 2.45) is 0 Å². The van der Waals surface area contributed by atoms with E-state index in [1.807, 2.05) is 4.57 Å². The predicted molar refractivity (Wildman–Crippen MR) is 60.1 cm³/mol. The van der Waals surface area contributed by atoms with E-state index in [2.05, 4.69) is 9.72 Å². The molecular weight excluding hydrogens is 206 g/mol. The zero-order valence-corrected chi connectivity index (χ0v) is 9.48. The fraction of sp³-hybridized carbons (Fsp3) is 0.636. The van der Waals surface area contributed by atoms with Gasteiger partial charge in [-0.2, -0.15) is 0 Å². The van der Waals surface area contributed by atoms with Crippen molar-refractivity contribution in [3.8, 4) is 0 Å². The highest BCUT2D eigenvalue weighted by Gasteiger charge is 2.22. The number of aromatic nitrogens is 2. The lowest BCUT2D eigenvalue weighted by molar-refractivity contribution is 0.0596. The van der Waals surface area contributed by atoms with Crippen LogP contribution in [0.3, 0.4) is 0 Å². The summed E-state index contributed by atoms with van der Waals surface area (Å²) in [5.74, 6) is -0.0363. The summed E-state index contributed by atoms with van der Waals surface area (Å²) < 4.78 is 6.53. The molecule has 0 unspecified atom stereocenters. The highest BCUT2D eigenvalue weighted by atomic mass is 16.5. The van der Waals surface area contributed by atoms with Crippen LogP contribution in [0.5, 0.6) is 0 Å². The van der Waals surface area contributed by atoms with Gasteiger partial charge in [-0.3, -0.25) is 0 Å². The number of nitrogens with zero attached hydrogens (tertiary/aromatic N) is 2. The quantitative estimate of drug-likeness (QED) is 0.775. The average molecular weight is 223 g/mol. The van der Waals surface area contributed by atoms with Crippen molar-refractivity contribution < 1.29 is 9.53 Å². The smallest absolute Gasteiger partial charge is 0.360 e. The van der Waals surface area contributed by atoms with Crippen molar-refractivity contribution in [1.29, 1.82) is 0 Å². The maximum Gasteiger partial charge on any atom is 0.360 e. The number of nitrogen functional groups attached to an aromatic ring is 1. The van der Waals surface area contributed by atoms with Crippen LogP contribution in [0.15, 0.2) is 6.33 Å². The molecule has 1 heterocycles. The number of carbonyl (C=O) groups excluding carboxylic acids is 1. The standard InChI is InChI=1S/C11H17N3O2/c1-16-11(15)9-10(12)14(7-13-9)8-5-3-2-4-6-8/h7-8H,2-6,12H2,1H3. The van der Waals surface area contributed by atoms with E-state index in [0.29, 0.717) is 11.9 Å². The first-order chi connectivity index (χ1) is 7.74. The van der Waals surface area contributed by atoms with Crippen molar-refractivity contribution in [1.82, 2.24) is 9.55 Å². The number of nitrogens with two attached hydrogens (primary N) is 1. The molecule has 0 atom stereocenters. The van der Waals surface area contributed by atoms with E-state index in [9.17, 15) is 4.79 Å². The molecule has 0 radical (unpaired) electrons. The summed E-state index contributed by atoms with van der Waals surface area (Å²) in [6.07, 6.45) is 7.60. The monoisotopic (exact) mass is 223 g/mol. The van der Waals surface area contributed by atoms with Gasteiger partial charge in [0.2, 0.25) is 0 Å². The average Bonchev–Trinajstić information content (AvgIpc) is 2.71. The summed E-state index contributed by atoms with van der Waals surface area (Å²) in [4.78, 5) is 15.4. The van der Waals surface area contributed by atoms with Crippen LogP contribution in [0.2, 0.25) is 0 Å². The Bertz CT molecular complexity index is 381. The summed E-state index contributed by atoms with van der Waals surface area (Å²) in [5, 5.41) is 0. The molecule has 2 N–H and O–H groups in total. The molecular formula is C11H17N3O2. The first-order valence-corrected chi connectivity index (χ1v) is 5.64. The van der Waals surface area contributed by atoms with Crippen LogP contribution in [0.1, 0.15) is 48.6 Å². The summed E-state index contributed by atoms with van der Waals surface area (Å²) in [7, 11) is 1.33. The predicted octanol–water partition coefficient (Wildman–Crippen LogP) is 1.76. The fourth-order valence-corrected chi connectivity index (χ4v) is 2.27. The SMILES string of the molecule is COC(=O)c1ncn(C2CCCCC2)c1N. The number of rotatable bonds is 2. The van der Waals surface area contributed by atoms with Gasteiger partial charge in [-0.05, 0) is 12.8 Å². The summed E-state index contributed by atoms with van der Waals surface area (Å²) in [5.41, 5.74) is 6.14. The molecule has 0 amide bonds. The Balaban J connectivity index is 2.21. The Morgan fingerprint density at radius 3 is 2.81 bits per heavy atom. The topological polar surface area (TPSA) is 70.1 Å². The number of hydrogen-bond donors (Lipinski definition) is 1. The summed E-state index contributed by atoms with van der Waals surface area (Å²) >= 11 is 0. The highest BCUT2D eigenvalue weighted by molar-refractivity contribution is 5.92. The van der Waals surface area contributed by atoms with Gasteiger partial charge in [-0.25, -0.2) is 9.78 Å². The molecule has 88 valence electrons. The highest BCUT2D eigenvalue weighted by Crippen LogP contribution is 2.30. The number of methoxy groups -OCH3 is 1. The number of hydrogen-bond acceptors (Lipinski definition) is 4. The Morgan fingerprint density at radius 2 is 2.19 bits per heavy atom. The largest absolute Gasteiger partial charge is 0.464 e. The number of esters is 1. The van der Waals surface area contributed by atoms with Gasteiger partial charge in [-0.1, -0.05) is 19.3 Å². The van der Waals surface area contributed by atoms with Crippen LogP contribution in [0, 0.1) is 0 Å². The minimum atomic E-state index is -0.466. The summed E-state index contributed by atoms with van der Waals surface area (Å²) in [6, 6.07) is 0.389. The van der Waals surface area contributed by atoms with Crippen LogP contribution in [-0.4, -0.2) is 22.6 Å². The van der Waals surface area contributed by atoms with Gasteiger partial charge in [0.25, 0.3) is 0 Å². The molecule has 1 aliphatic rings. The molecule has 1 fully saturated rings. The third-order valence-electron chi connectivity index (χ3n) is 3.18. The van der Waals surface area contributed by atoms with E-state index in [4.69, 9.17) is 5.73 Å². The molecule has 0 spiro atoms. The molecule has 0 aliphatic heterocycles. The van der Waals surface area contributed by atoms with Crippen molar-refractivity contribution in [3.63, 3.8) is 0 Å². The Kier molecular flexibility index (Phi) is 3.12. The van der Waals surface area contributed by atoms with Crippen LogP contribution < -0.4 is 5.73 Å². The second kappa shape index (κ2) is 4.55. The molecule has 1 aromatic heterocycles. The van der Waals surface area contributed by atoms with E-state index >= 15 is 0 Å². The molecule has 1 aliphatic carbocycles. The number of ether oxygens (including phenoxy) is 1. The molecule has 5 heteroatoms. The first-order valence-electron chi connectivity index (χ1n) is 5.64. The molecule has 5 nitrogen and oxygen atoms in total. The lowest BCUT2D eigenvalue weighted by atomic mass is 9.95. The Labute approximate surface area is 94.6 Å². The molecule has 2 rings (SSSR count). The van der Waals surface area contributed by atoms with Crippen LogP contribution in [0.25, 0.3) is 0 Å². The van der Waals surface area contributed by atoms with Gasteiger partial charge in [0, 0.05) is 6.04 Å². The van der Waals surface area contributed by atoms with Gasteiger partial charge < -0.3 is 15.0 Å². The zero-order valence-electron chi connectivity index (χ0n) is 9.48. The van der Waals surface area contributed by atoms with E-state index in [1.54, 1.807) is 6.33 Å². The van der Waals surface area contributed by atoms with Crippen molar-refractivity contribution in [2.75, 3.05) is 12.8 Å². The Hall–Kier alpha value is -1.52. The third kappa shape index (κ3) is 1.89. The normalized spacial score (nSPS) is 17.3. The lowest BCUT2D eigenvalue weighted by Crippen LogP contribution is -2.15. The van der Waals surface area contributed by atoms with Crippen LogP contribution in [0.4, 0.5) is 5.82 Å². The van der Waals surface area contributed by atoms with Crippen molar-refractivity contribution in [3.05, 3.63) is 12.0 Å². The molecule has 0 aromatic carbocycles. The van der Waals surface area contributed by atoms with Gasteiger partial charge in [-0.15, -0.1) is 0 Å². The molecule has 1 saturated carbocycles. The molecule has 0 saturated heterocycles. The fourth-order valence-electron chi connectivity index (χ4n) is 2.27. The third-order valence-corrected chi connectivity index (χ3v) is 3.18. The molecule has 0 bridgehead atoms. The minimum Gasteiger partial charge on any atom is -0.464 e. The van der Waals surface area contributed by atoms with E-state index in [0.717, 1.165) is 12.8 Å². The maximum absolute atomic E-state index is 11.4. The van der Waals surface area contributed by atoms with Crippen molar-refractivity contribution >= 4 is 11.8 Å². The maximum atomic E-state index is 11.4. The van der Waals surface area contributed by atoms with E-state index in [1.165, 1.54) is 26.4 Å². The van der Waals surface area contributed by atoms with Crippen molar-refractivity contribution in [2.45, 2.75) is 38.1 Å². The molecule has 1 aromatic rings. The minimum absolute atomic E-state index is 0.230. The first kappa shape index (κ1) is 11.0. The van der Waals surface area contributed by atoms with Gasteiger partial charge in [0.1, 0.15) is 5.82 Å². The lowest BCUT2D eigenvalue weighted by Gasteiger charge is -2.23. The second-order valence-electron chi connectivity index (χ2n) is 4.17. The Morgan fingerprint density at radius 1 is 1.50 bits per heavy atom. The number of anilines is 1. The van der Waals surface area contributed by atoms with Crippen LogP contribution in [-0.2, 0) is 4.74 Å². The second-order valence-corrected chi connectivity index (χ2v) is 4.17. The number of imidazole rings is 1.